The van der Waals surface area contributed by atoms with Gasteiger partial charge in [-0.05, 0) is 48.3 Å². The van der Waals surface area contributed by atoms with Crippen LogP contribution in [-0.2, 0) is 24.2 Å². The van der Waals surface area contributed by atoms with Crippen molar-refractivity contribution >= 4 is 43.8 Å². The van der Waals surface area contributed by atoms with Crippen molar-refractivity contribution in [2.45, 2.75) is 52.0 Å². The first-order valence-corrected chi connectivity index (χ1v) is 13.1. The van der Waals surface area contributed by atoms with E-state index in [9.17, 15) is 14.9 Å². The van der Waals surface area contributed by atoms with E-state index in [1.165, 1.54) is 44.0 Å². The van der Waals surface area contributed by atoms with Crippen molar-refractivity contribution in [3.05, 3.63) is 67.9 Å². The molecular formula is C26H24N4O2S2. The summed E-state index contributed by atoms with van der Waals surface area (Å²) < 4.78 is 1.34. The standard InChI is InChI=1S/C26H24N4O2S2/c1-15(2)16-7-9-17(10-8-16)20-13-33-25-23(20)26(32)30(14-28-25)12-22(31)29-24-19(11-27)18-5-3-4-6-21(18)34-24/h7-10,13-15H,3-6,12H2,1-2H3,(H,29,31). The lowest BCUT2D eigenvalue weighted by molar-refractivity contribution is -0.116. The smallest absolute Gasteiger partial charge is 0.263 e. The van der Waals surface area contributed by atoms with E-state index in [1.54, 1.807) is 0 Å². The highest BCUT2D eigenvalue weighted by atomic mass is 32.1. The Morgan fingerprint density at radius 2 is 2.00 bits per heavy atom. The van der Waals surface area contributed by atoms with Gasteiger partial charge in [0.25, 0.3) is 5.56 Å². The summed E-state index contributed by atoms with van der Waals surface area (Å²) >= 11 is 2.90. The number of benzene rings is 1. The van der Waals surface area contributed by atoms with Gasteiger partial charge in [-0.25, -0.2) is 4.98 Å². The van der Waals surface area contributed by atoms with Crippen LogP contribution in [0.1, 0.15) is 54.2 Å². The Balaban J connectivity index is 1.43. The number of carbonyl (C=O) groups excluding carboxylic acids is 1. The second-order valence-corrected chi connectivity index (χ2v) is 10.8. The van der Waals surface area contributed by atoms with E-state index in [1.807, 2.05) is 17.5 Å². The van der Waals surface area contributed by atoms with E-state index in [2.05, 4.69) is 42.4 Å². The van der Waals surface area contributed by atoms with Crippen molar-refractivity contribution in [1.29, 1.82) is 5.26 Å². The quantitative estimate of drug-likeness (QED) is 0.390. The minimum atomic E-state index is -0.337. The summed E-state index contributed by atoms with van der Waals surface area (Å²) in [4.78, 5) is 32.4. The molecule has 0 atom stereocenters. The largest absolute Gasteiger partial charge is 0.315 e. The maximum atomic E-state index is 13.3. The highest BCUT2D eigenvalue weighted by Gasteiger charge is 2.22. The fourth-order valence-corrected chi connectivity index (χ4v) is 6.60. The van der Waals surface area contributed by atoms with Gasteiger partial charge in [0.05, 0.1) is 17.3 Å². The van der Waals surface area contributed by atoms with Crippen molar-refractivity contribution < 1.29 is 4.79 Å². The predicted octanol–water partition coefficient (Wildman–Crippen LogP) is 5.70. The average Bonchev–Trinajstić information content (AvgIpc) is 3.42. The average molecular weight is 489 g/mol. The lowest BCUT2D eigenvalue weighted by Crippen LogP contribution is -2.27. The Hall–Kier alpha value is -3.28. The van der Waals surface area contributed by atoms with Gasteiger partial charge in [-0.1, -0.05) is 38.1 Å². The van der Waals surface area contributed by atoms with Gasteiger partial charge in [-0.15, -0.1) is 22.7 Å². The number of amides is 1. The van der Waals surface area contributed by atoms with E-state index < -0.39 is 0 Å². The summed E-state index contributed by atoms with van der Waals surface area (Å²) in [5.74, 6) is 0.0949. The molecule has 5 rings (SSSR count). The lowest BCUT2D eigenvalue weighted by Gasteiger charge is -2.09. The van der Waals surface area contributed by atoms with Gasteiger partial charge in [-0.2, -0.15) is 5.26 Å². The fraction of sp³-hybridized carbons (Fsp3) is 0.308. The zero-order valence-corrected chi connectivity index (χ0v) is 20.7. The van der Waals surface area contributed by atoms with E-state index in [4.69, 9.17) is 0 Å². The molecule has 0 fully saturated rings. The number of carbonyl (C=O) groups is 1. The van der Waals surface area contributed by atoms with Crippen molar-refractivity contribution in [3.8, 4) is 17.2 Å². The second kappa shape index (κ2) is 9.16. The molecule has 0 radical (unpaired) electrons. The Labute approximate surface area is 205 Å². The first-order valence-electron chi connectivity index (χ1n) is 11.4. The number of hydrogen-bond donors (Lipinski definition) is 1. The first-order chi connectivity index (χ1) is 16.5. The van der Waals surface area contributed by atoms with Crippen LogP contribution in [0.2, 0.25) is 0 Å². The molecule has 0 saturated heterocycles. The molecule has 1 aliphatic rings. The number of rotatable bonds is 5. The predicted molar refractivity (Wildman–Crippen MR) is 138 cm³/mol. The third-order valence-corrected chi connectivity index (χ3v) is 8.39. The molecule has 1 aliphatic carbocycles. The van der Waals surface area contributed by atoms with Crippen LogP contribution < -0.4 is 10.9 Å². The van der Waals surface area contributed by atoms with Crippen LogP contribution in [0.3, 0.4) is 0 Å². The summed E-state index contributed by atoms with van der Waals surface area (Å²) in [6.45, 7) is 4.14. The van der Waals surface area contributed by atoms with Crippen LogP contribution in [0.4, 0.5) is 5.00 Å². The maximum Gasteiger partial charge on any atom is 0.263 e. The van der Waals surface area contributed by atoms with Gasteiger partial charge in [0.1, 0.15) is 22.4 Å². The molecule has 172 valence electrons. The number of nitrogens with one attached hydrogen (secondary N) is 1. The van der Waals surface area contributed by atoms with Gasteiger partial charge in [-0.3, -0.25) is 14.2 Å². The van der Waals surface area contributed by atoms with Crippen molar-refractivity contribution in [2.75, 3.05) is 5.32 Å². The Kier molecular flexibility index (Phi) is 6.07. The number of thiophene rings is 2. The van der Waals surface area contributed by atoms with Crippen LogP contribution in [0, 0.1) is 11.3 Å². The number of fused-ring (bicyclic) bond motifs is 2. The van der Waals surface area contributed by atoms with E-state index >= 15 is 0 Å². The molecule has 0 unspecified atom stereocenters. The highest BCUT2D eigenvalue weighted by Crippen LogP contribution is 2.37. The lowest BCUT2D eigenvalue weighted by atomic mass is 9.96. The summed E-state index contributed by atoms with van der Waals surface area (Å²) in [6.07, 6.45) is 5.43. The van der Waals surface area contributed by atoms with Gasteiger partial charge < -0.3 is 5.32 Å². The monoisotopic (exact) mass is 488 g/mol. The Morgan fingerprint density at radius 3 is 2.74 bits per heavy atom. The Morgan fingerprint density at radius 1 is 1.24 bits per heavy atom. The van der Waals surface area contributed by atoms with E-state index in [0.717, 1.165) is 42.4 Å². The van der Waals surface area contributed by atoms with Gasteiger partial charge in [0, 0.05) is 15.8 Å². The molecule has 1 N–H and O–H groups in total. The summed E-state index contributed by atoms with van der Waals surface area (Å²) in [5, 5.41) is 15.6. The minimum absolute atomic E-state index is 0.156. The third kappa shape index (κ3) is 4.06. The number of anilines is 1. The normalized spacial score (nSPS) is 13.1. The summed E-state index contributed by atoms with van der Waals surface area (Å²) in [7, 11) is 0. The van der Waals surface area contributed by atoms with E-state index in [0.29, 0.717) is 26.7 Å². The van der Waals surface area contributed by atoms with Crippen LogP contribution in [0.15, 0.2) is 40.8 Å². The fourth-order valence-electron chi connectivity index (χ4n) is 4.43. The topological polar surface area (TPSA) is 87.8 Å². The van der Waals surface area contributed by atoms with Crippen LogP contribution in [-0.4, -0.2) is 15.5 Å². The molecular weight excluding hydrogens is 464 g/mol. The SMILES string of the molecule is CC(C)c1ccc(-c2csc3ncn(CC(=O)Nc4sc5c(c4C#N)CCCC5)c(=O)c23)cc1. The van der Waals surface area contributed by atoms with Crippen molar-refractivity contribution in [1.82, 2.24) is 9.55 Å². The van der Waals surface area contributed by atoms with Crippen LogP contribution in [0.25, 0.3) is 21.3 Å². The molecule has 1 aromatic carbocycles. The molecule has 8 heteroatoms. The molecule has 0 bridgehead atoms. The zero-order valence-electron chi connectivity index (χ0n) is 19.1. The molecule has 0 aliphatic heterocycles. The molecule has 0 saturated carbocycles. The van der Waals surface area contributed by atoms with Crippen LogP contribution >= 0.6 is 22.7 Å². The number of aromatic nitrogens is 2. The minimum Gasteiger partial charge on any atom is -0.315 e. The second-order valence-electron chi connectivity index (χ2n) is 8.86. The third-order valence-electron chi connectivity index (χ3n) is 6.30. The molecule has 0 spiro atoms. The summed E-state index contributed by atoms with van der Waals surface area (Å²) in [6, 6.07) is 10.5. The van der Waals surface area contributed by atoms with Gasteiger partial charge >= 0.3 is 0 Å². The number of hydrogen-bond acceptors (Lipinski definition) is 6. The Bertz CT molecular complexity index is 1490. The first kappa shape index (κ1) is 22.5. The van der Waals surface area contributed by atoms with Gasteiger partial charge in [0.2, 0.25) is 5.91 Å². The number of nitrogens with zero attached hydrogens (tertiary/aromatic N) is 3. The number of nitriles is 1. The van der Waals surface area contributed by atoms with Gasteiger partial charge in [0.15, 0.2) is 0 Å². The van der Waals surface area contributed by atoms with Crippen molar-refractivity contribution in [3.63, 3.8) is 0 Å². The molecule has 4 aromatic rings. The molecule has 3 aromatic heterocycles. The van der Waals surface area contributed by atoms with E-state index in [-0.39, 0.29) is 18.0 Å². The molecule has 6 nitrogen and oxygen atoms in total. The van der Waals surface area contributed by atoms with Crippen molar-refractivity contribution in [2.24, 2.45) is 0 Å². The van der Waals surface area contributed by atoms with Crippen LogP contribution in [0.5, 0.6) is 0 Å². The molecule has 1 amide bonds. The molecule has 3 heterocycles. The maximum absolute atomic E-state index is 13.3. The highest BCUT2D eigenvalue weighted by molar-refractivity contribution is 7.17. The molecule has 34 heavy (non-hydrogen) atoms. The summed E-state index contributed by atoms with van der Waals surface area (Å²) in [5.41, 5.74) is 4.43. The zero-order chi connectivity index (χ0) is 23.8. The number of aryl methyl sites for hydroxylation is 1.